The maximum absolute atomic E-state index is 13.2. The van der Waals surface area contributed by atoms with Crippen molar-refractivity contribution in [3.63, 3.8) is 0 Å². The summed E-state index contributed by atoms with van der Waals surface area (Å²) >= 11 is 0. The molecule has 0 saturated carbocycles. The predicted molar refractivity (Wildman–Crippen MR) is 78.0 cm³/mol. The number of aryl methyl sites for hydroxylation is 1. The van der Waals surface area contributed by atoms with Crippen molar-refractivity contribution in [3.05, 3.63) is 63.8 Å². The number of amides is 1. The number of nitrogens with one attached hydrogen (secondary N) is 3. The molecule has 21 heavy (non-hydrogen) atoms. The molecule has 0 aliphatic carbocycles. The van der Waals surface area contributed by atoms with Crippen LogP contribution in [0.5, 0.6) is 0 Å². The van der Waals surface area contributed by atoms with Gasteiger partial charge < -0.3 is 15.3 Å². The normalized spacial score (nSPS) is 10.8. The molecule has 0 fully saturated rings. The van der Waals surface area contributed by atoms with Crippen molar-refractivity contribution in [1.29, 1.82) is 0 Å². The molecule has 0 radical (unpaired) electrons. The average molecular weight is 285 g/mol. The highest BCUT2D eigenvalue weighted by atomic mass is 19.1. The Morgan fingerprint density at radius 1 is 1.10 bits per heavy atom. The van der Waals surface area contributed by atoms with Crippen LogP contribution in [0, 0.1) is 12.7 Å². The van der Waals surface area contributed by atoms with Crippen LogP contribution in [0.3, 0.4) is 0 Å². The third-order valence-corrected chi connectivity index (χ3v) is 3.19. The van der Waals surface area contributed by atoms with E-state index < -0.39 is 0 Å². The van der Waals surface area contributed by atoms with Crippen LogP contribution >= 0.6 is 0 Å². The summed E-state index contributed by atoms with van der Waals surface area (Å²) < 4.78 is 13.2. The lowest BCUT2D eigenvalue weighted by Gasteiger charge is -2.06. The second-order valence-electron chi connectivity index (χ2n) is 4.76. The van der Waals surface area contributed by atoms with Gasteiger partial charge in [0.1, 0.15) is 5.82 Å². The summed E-state index contributed by atoms with van der Waals surface area (Å²) in [7, 11) is 0. The fraction of sp³-hybridized carbons (Fsp3) is 0.0667. The Kier molecular flexibility index (Phi) is 3.06. The minimum Gasteiger partial charge on any atom is -0.322 e. The van der Waals surface area contributed by atoms with E-state index in [0.29, 0.717) is 27.8 Å². The summed E-state index contributed by atoms with van der Waals surface area (Å²) in [6.07, 6.45) is 0. The van der Waals surface area contributed by atoms with E-state index in [2.05, 4.69) is 15.3 Å². The molecular formula is C15H12FN3O2. The number of benzene rings is 2. The molecule has 6 heteroatoms. The number of imidazole rings is 1. The molecule has 0 saturated heterocycles. The molecule has 106 valence electrons. The Labute approximate surface area is 118 Å². The average Bonchev–Trinajstić information content (AvgIpc) is 2.81. The van der Waals surface area contributed by atoms with Crippen LogP contribution in [0.2, 0.25) is 0 Å². The number of carbonyl (C=O) groups excluding carboxylic acids is 1. The van der Waals surface area contributed by atoms with Crippen molar-refractivity contribution < 1.29 is 9.18 Å². The topological polar surface area (TPSA) is 77.8 Å². The van der Waals surface area contributed by atoms with Gasteiger partial charge in [0.2, 0.25) is 0 Å². The van der Waals surface area contributed by atoms with Crippen LogP contribution in [0.4, 0.5) is 10.1 Å². The van der Waals surface area contributed by atoms with Gasteiger partial charge in [0.15, 0.2) is 0 Å². The summed E-state index contributed by atoms with van der Waals surface area (Å²) in [5, 5.41) is 2.71. The molecule has 0 aliphatic rings. The number of H-pyrrole nitrogens is 2. The maximum Gasteiger partial charge on any atom is 0.323 e. The maximum atomic E-state index is 13.2. The van der Waals surface area contributed by atoms with Crippen LogP contribution in [-0.4, -0.2) is 15.9 Å². The molecule has 0 aliphatic heterocycles. The number of hydrogen-bond acceptors (Lipinski definition) is 2. The van der Waals surface area contributed by atoms with Crippen molar-refractivity contribution in [2.45, 2.75) is 6.92 Å². The van der Waals surface area contributed by atoms with E-state index in [9.17, 15) is 14.0 Å². The van der Waals surface area contributed by atoms with Gasteiger partial charge in [-0.25, -0.2) is 9.18 Å². The molecule has 0 atom stereocenters. The Bertz CT molecular complexity index is 895. The molecule has 0 unspecified atom stereocenters. The third kappa shape index (κ3) is 2.55. The van der Waals surface area contributed by atoms with Crippen molar-refractivity contribution in [2.24, 2.45) is 0 Å². The summed E-state index contributed by atoms with van der Waals surface area (Å²) in [6.45, 7) is 1.60. The quantitative estimate of drug-likeness (QED) is 0.676. The van der Waals surface area contributed by atoms with Gasteiger partial charge in [0.05, 0.1) is 11.0 Å². The van der Waals surface area contributed by atoms with Crippen molar-refractivity contribution in [3.8, 4) is 0 Å². The monoisotopic (exact) mass is 285 g/mol. The predicted octanol–water partition coefficient (Wildman–Crippen LogP) is 2.56. The summed E-state index contributed by atoms with van der Waals surface area (Å²) in [5.74, 6) is -0.687. The molecule has 1 aromatic heterocycles. The second kappa shape index (κ2) is 4.90. The largest absolute Gasteiger partial charge is 0.323 e. The fourth-order valence-electron chi connectivity index (χ4n) is 2.10. The minimum atomic E-state index is -0.349. The van der Waals surface area contributed by atoms with Crippen LogP contribution in [0.25, 0.3) is 11.0 Å². The van der Waals surface area contributed by atoms with E-state index in [0.717, 1.165) is 0 Å². The minimum absolute atomic E-state index is 0.303. The summed E-state index contributed by atoms with van der Waals surface area (Å²) in [5.41, 5.74) is 2.29. The number of fused-ring (bicyclic) bond motifs is 1. The lowest BCUT2D eigenvalue weighted by molar-refractivity contribution is 0.102. The molecule has 1 heterocycles. The van der Waals surface area contributed by atoms with Gasteiger partial charge in [0, 0.05) is 11.3 Å². The summed E-state index contributed by atoms with van der Waals surface area (Å²) in [4.78, 5) is 28.5. The second-order valence-corrected chi connectivity index (χ2v) is 4.76. The van der Waals surface area contributed by atoms with Gasteiger partial charge >= 0.3 is 5.69 Å². The van der Waals surface area contributed by atoms with Gasteiger partial charge in [0.25, 0.3) is 5.91 Å². The van der Waals surface area contributed by atoms with Crippen LogP contribution in [0.15, 0.2) is 41.2 Å². The highest BCUT2D eigenvalue weighted by molar-refractivity contribution is 6.05. The first-order chi connectivity index (χ1) is 10.0. The Morgan fingerprint density at radius 2 is 1.86 bits per heavy atom. The zero-order valence-electron chi connectivity index (χ0n) is 11.2. The Morgan fingerprint density at radius 3 is 2.62 bits per heavy atom. The molecule has 3 N–H and O–H groups in total. The molecular weight excluding hydrogens is 273 g/mol. The van der Waals surface area contributed by atoms with Crippen LogP contribution < -0.4 is 11.0 Å². The lowest BCUT2D eigenvalue weighted by Crippen LogP contribution is -2.12. The van der Waals surface area contributed by atoms with E-state index in [-0.39, 0.29) is 17.4 Å². The van der Waals surface area contributed by atoms with E-state index in [1.165, 1.54) is 18.2 Å². The number of anilines is 1. The van der Waals surface area contributed by atoms with Crippen molar-refractivity contribution in [2.75, 3.05) is 5.32 Å². The molecule has 3 aromatic rings. The van der Waals surface area contributed by atoms with E-state index in [1.54, 1.807) is 25.1 Å². The van der Waals surface area contributed by atoms with Crippen LogP contribution in [-0.2, 0) is 0 Å². The van der Waals surface area contributed by atoms with E-state index >= 15 is 0 Å². The van der Waals surface area contributed by atoms with Gasteiger partial charge in [-0.3, -0.25) is 4.79 Å². The zero-order valence-corrected chi connectivity index (χ0v) is 11.2. The van der Waals surface area contributed by atoms with Gasteiger partial charge in [-0.15, -0.1) is 0 Å². The molecule has 0 spiro atoms. The Hall–Kier alpha value is -2.89. The first-order valence-corrected chi connectivity index (χ1v) is 6.32. The van der Waals surface area contributed by atoms with Crippen molar-refractivity contribution >= 4 is 22.6 Å². The van der Waals surface area contributed by atoms with E-state index in [4.69, 9.17) is 0 Å². The number of aromatic amines is 2. The number of rotatable bonds is 2. The highest BCUT2D eigenvalue weighted by Gasteiger charge is 2.09. The molecule has 2 aromatic carbocycles. The smallest absolute Gasteiger partial charge is 0.322 e. The zero-order chi connectivity index (χ0) is 15.0. The van der Waals surface area contributed by atoms with Gasteiger partial charge in [-0.05, 0) is 48.9 Å². The first kappa shape index (κ1) is 13.1. The van der Waals surface area contributed by atoms with E-state index in [1.807, 2.05) is 0 Å². The Balaban J connectivity index is 1.88. The molecule has 5 nitrogen and oxygen atoms in total. The fourth-order valence-corrected chi connectivity index (χ4v) is 2.10. The number of aromatic nitrogens is 2. The first-order valence-electron chi connectivity index (χ1n) is 6.32. The highest BCUT2D eigenvalue weighted by Crippen LogP contribution is 2.16. The van der Waals surface area contributed by atoms with Gasteiger partial charge in [-0.1, -0.05) is 0 Å². The molecule has 3 rings (SSSR count). The summed E-state index contributed by atoms with van der Waals surface area (Å²) in [6, 6.07) is 9.20. The standard InChI is InChI=1S/C15H12FN3O2/c1-8-6-9(2-4-11(8)16)14(20)17-10-3-5-12-13(7-10)19-15(21)18-12/h2-7H,1H3,(H,17,20)(H2,18,19,21). The van der Waals surface area contributed by atoms with Gasteiger partial charge in [-0.2, -0.15) is 0 Å². The molecule has 0 bridgehead atoms. The number of hydrogen-bond donors (Lipinski definition) is 3. The van der Waals surface area contributed by atoms with Crippen molar-refractivity contribution in [1.82, 2.24) is 9.97 Å². The third-order valence-electron chi connectivity index (χ3n) is 3.19. The lowest BCUT2D eigenvalue weighted by atomic mass is 10.1. The molecule has 1 amide bonds. The number of halogens is 1. The van der Waals surface area contributed by atoms with Crippen LogP contribution in [0.1, 0.15) is 15.9 Å². The number of carbonyl (C=O) groups is 1. The SMILES string of the molecule is Cc1cc(C(=O)Nc2ccc3[nH]c(=O)[nH]c3c2)ccc1F.